The number of hydrogen-bond donors (Lipinski definition) is 1. The normalized spacial score (nSPS) is 11.1. The Morgan fingerprint density at radius 1 is 0.917 bits per heavy atom. The molecule has 4 aromatic rings. The summed E-state index contributed by atoms with van der Waals surface area (Å²) in [6.07, 6.45) is 0.937. The number of nitrogens with one attached hydrogen (secondary N) is 1. The molecular formula is C20H18N4. The van der Waals surface area contributed by atoms with Crippen molar-refractivity contribution in [3.05, 3.63) is 65.9 Å². The van der Waals surface area contributed by atoms with E-state index < -0.39 is 0 Å². The molecule has 0 fully saturated rings. The van der Waals surface area contributed by atoms with E-state index in [1.54, 1.807) is 0 Å². The Balaban J connectivity index is 1.90. The summed E-state index contributed by atoms with van der Waals surface area (Å²) in [5.74, 6) is 1.42. The average Bonchev–Trinajstić information content (AvgIpc) is 3.10. The van der Waals surface area contributed by atoms with Crippen molar-refractivity contribution in [3.63, 3.8) is 0 Å². The largest absolute Gasteiger partial charge is 0.257 e. The molecule has 4 nitrogen and oxygen atoms in total. The van der Waals surface area contributed by atoms with E-state index in [1.807, 2.05) is 25.1 Å². The molecule has 0 saturated carbocycles. The number of rotatable bonds is 3. The molecule has 2 aromatic carbocycles. The van der Waals surface area contributed by atoms with E-state index in [0.717, 1.165) is 29.2 Å². The van der Waals surface area contributed by atoms with Gasteiger partial charge in [0.15, 0.2) is 11.6 Å². The van der Waals surface area contributed by atoms with Crippen LogP contribution in [0.15, 0.2) is 54.6 Å². The molecule has 4 rings (SSSR count). The van der Waals surface area contributed by atoms with Crippen LogP contribution >= 0.6 is 0 Å². The van der Waals surface area contributed by atoms with Crippen LogP contribution in [0.4, 0.5) is 0 Å². The SMILES string of the molecule is CCc1ccc2ccccc2c1-c1n[nH]c(-c2cccc(C)n2)n1. The summed E-state index contributed by atoms with van der Waals surface area (Å²) in [7, 11) is 0. The second-order valence-corrected chi connectivity index (χ2v) is 5.85. The van der Waals surface area contributed by atoms with E-state index in [1.165, 1.54) is 16.3 Å². The summed E-state index contributed by atoms with van der Waals surface area (Å²) in [6, 6.07) is 18.6. The minimum absolute atomic E-state index is 0.698. The molecule has 0 aliphatic carbocycles. The monoisotopic (exact) mass is 314 g/mol. The van der Waals surface area contributed by atoms with Gasteiger partial charge in [0.2, 0.25) is 0 Å². The molecule has 24 heavy (non-hydrogen) atoms. The third-order valence-corrected chi connectivity index (χ3v) is 4.24. The van der Waals surface area contributed by atoms with E-state index in [0.29, 0.717) is 5.82 Å². The second kappa shape index (κ2) is 5.89. The Morgan fingerprint density at radius 2 is 1.79 bits per heavy atom. The molecule has 0 saturated heterocycles. The standard InChI is InChI=1S/C20H18N4/c1-3-14-11-12-15-8-4-5-9-16(15)18(14)20-22-19(23-24-20)17-10-6-7-13(2)21-17/h4-12H,3H2,1-2H3,(H,22,23,24). The molecule has 0 spiro atoms. The Bertz CT molecular complexity index is 1020. The molecule has 2 aromatic heterocycles. The highest BCUT2D eigenvalue weighted by Gasteiger charge is 2.15. The fourth-order valence-corrected chi connectivity index (χ4v) is 3.04. The number of benzene rings is 2. The smallest absolute Gasteiger partial charge is 0.182 e. The lowest BCUT2D eigenvalue weighted by atomic mass is 9.97. The highest BCUT2D eigenvalue weighted by Crippen LogP contribution is 2.31. The first-order valence-corrected chi connectivity index (χ1v) is 8.13. The molecule has 4 heteroatoms. The summed E-state index contributed by atoms with van der Waals surface area (Å²) >= 11 is 0. The van der Waals surface area contributed by atoms with E-state index in [9.17, 15) is 0 Å². The first-order chi connectivity index (χ1) is 11.8. The highest BCUT2D eigenvalue weighted by molar-refractivity contribution is 5.96. The van der Waals surface area contributed by atoms with E-state index >= 15 is 0 Å². The molecule has 1 N–H and O–H groups in total. The molecule has 2 heterocycles. The minimum atomic E-state index is 0.698. The van der Waals surface area contributed by atoms with Crippen LogP contribution in [0.5, 0.6) is 0 Å². The third-order valence-electron chi connectivity index (χ3n) is 4.24. The summed E-state index contributed by atoms with van der Waals surface area (Å²) in [6.45, 7) is 4.13. The van der Waals surface area contributed by atoms with Crippen molar-refractivity contribution in [1.82, 2.24) is 20.2 Å². The zero-order valence-electron chi connectivity index (χ0n) is 13.7. The number of nitrogens with zero attached hydrogens (tertiary/aromatic N) is 3. The molecular weight excluding hydrogens is 296 g/mol. The Kier molecular flexibility index (Phi) is 3.58. The first kappa shape index (κ1) is 14.6. The number of pyridine rings is 1. The van der Waals surface area contributed by atoms with Crippen LogP contribution in [0.1, 0.15) is 18.2 Å². The van der Waals surface area contributed by atoms with Crippen LogP contribution in [0.25, 0.3) is 33.7 Å². The summed E-state index contributed by atoms with van der Waals surface area (Å²) in [5.41, 5.74) is 4.12. The predicted molar refractivity (Wildman–Crippen MR) is 96.7 cm³/mol. The zero-order chi connectivity index (χ0) is 16.5. The number of hydrogen-bond acceptors (Lipinski definition) is 3. The van der Waals surface area contributed by atoms with E-state index in [4.69, 9.17) is 4.98 Å². The van der Waals surface area contributed by atoms with Crippen molar-refractivity contribution in [2.45, 2.75) is 20.3 Å². The molecule has 0 aliphatic rings. The lowest BCUT2D eigenvalue weighted by Gasteiger charge is -2.08. The lowest BCUT2D eigenvalue weighted by molar-refractivity contribution is 1.08. The van der Waals surface area contributed by atoms with Gasteiger partial charge in [-0.2, -0.15) is 5.10 Å². The van der Waals surface area contributed by atoms with Gasteiger partial charge in [0.25, 0.3) is 0 Å². The van der Waals surface area contributed by atoms with Crippen LogP contribution in [-0.2, 0) is 6.42 Å². The fourth-order valence-electron chi connectivity index (χ4n) is 3.04. The number of fused-ring (bicyclic) bond motifs is 1. The van der Waals surface area contributed by atoms with Gasteiger partial charge in [-0.05, 0) is 41.8 Å². The molecule has 0 atom stereocenters. The van der Waals surface area contributed by atoms with Crippen LogP contribution in [0, 0.1) is 6.92 Å². The molecule has 0 bridgehead atoms. The van der Waals surface area contributed by atoms with E-state index in [2.05, 4.69) is 58.5 Å². The Labute approximate surface area is 140 Å². The quantitative estimate of drug-likeness (QED) is 0.603. The van der Waals surface area contributed by atoms with Gasteiger partial charge in [-0.3, -0.25) is 5.10 Å². The second-order valence-electron chi connectivity index (χ2n) is 5.85. The molecule has 0 radical (unpaired) electrons. The fraction of sp³-hybridized carbons (Fsp3) is 0.150. The van der Waals surface area contributed by atoms with Crippen LogP contribution in [0.2, 0.25) is 0 Å². The number of aromatic amines is 1. The molecule has 0 unspecified atom stereocenters. The average molecular weight is 314 g/mol. The van der Waals surface area contributed by atoms with Crippen molar-refractivity contribution < 1.29 is 0 Å². The molecule has 0 amide bonds. The summed E-state index contributed by atoms with van der Waals surface area (Å²) < 4.78 is 0. The summed E-state index contributed by atoms with van der Waals surface area (Å²) in [5, 5.41) is 9.89. The van der Waals surface area contributed by atoms with Crippen molar-refractivity contribution in [1.29, 1.82) is 0 Å². The maximum Gasteiger partial charge on any atom is 0.182 e. The Morgan fingerprint density at radius 3 is 2.62 bits per heavy atom. The van der Waals surface area contributed by atoms with Gasteiger partial charge in [0.1, 0.15) is 5.69 Å². The number of aromatic nitrogens is 4. The maximum atomic E-state index is 4.72. The molecule has 0 aliphatic heterocycles. The predicted octanol–water partition coefficient (Wildman–Crippen LogP) is 4.56. The van der Waals surface area contributed by atoms with Gasteiger partial charge in [0.05, 0.1) is 0 Å². The van der Waals surface area contributed by atoms with Gasteiger partial charge in [-0.1, -0.05) is 49.4 Å². The molecule has 118 valence electrons. The van der Waals surface area contributed by atoms with Crippen molar-refractivity contribution >= 4 is 10.8 Å². The van der Waals surface area contributed by atoms with Gasteiger partial charge in [0, 0.05) is 11.3 Å². The van der Waals surface area contributed by atoms with Gasteiger partial charge in [-0.15, -0.1) is 0 Å². The van der Waals surface area contributed by atoms with Gasteiger partial charge in [-0.25, -0.2) is 9.97 Å². The summed E-state index contributed by atoms with van der Waals surface area (Å²) in [4.78, 5) is 9.24. The minimum Gasteiger partial charge on any atom is -0.257 e. The third kappa shape index (κ3) is 2.46. The highest BCUT2D eigenvalue weighted by atomic mass is 15.2. The number of aryl methyl sites for hydroxylation is 2. The first-order valence-electron chi connectivity index (χ1n) is 8.13. The van der Waals surface area contributed by atoms with Gasteiger partial charge >= 0.3 is 0 Å². The van der Waals surface area contributed by atoms with Crippen molar-refractivity contribution in [2.75, 3.05) is 0 Å². The van der Waals surface area contributed by atoms with Crippen molar-refractivity contribution in [3.8, 4) is 22.9 Å². The zero-order valence-corrected chi connectivity index (χ0v) is 13.7. The van der Waals surface area contributed by atoms with Crippen LogP contribution in [-0.4, -0.2) is 20.2 Å². The van der Waals surface area contributed by atoms with Gasteiger partial charge < -0.3 is 0 Å². The Hall–Kier alpha value is -3.01. The topological polar surface area (TPSA) is 54.5 Å². The lowest BCUT2D eigenvalue weighted by Crippen LogP contribution is -1.92. The van der Waals surface area contributed by atoms with E-state index in [-0.39, 0.29) is 0 Å². The van der Waals surface area contributed by atoms with Crippen LogP contribution < -0.4 is 0 Å². The number of H-pyrrole nitrogens is 1. The van der Waals surface area contributed by atoms with Crippen molar-refractivity contribution in [2.24, 2.45) is 0 Å². The maximum absolute atomic E-state index is 4.72. The van der Waals surface area contributed by atoms with Crippen LogP contribution in [0.3, 0.4) is 0 Å².